The molecule has 2 aromatic rings. The maximum atomic E-state index is 11.7. The van der Waals surface area contributed by atoms with Crippen LogP contribution >= 0.6 is 11.6 Å². The van der Waals surface area contributed by atoms with Gasteiger partial charge in [-0.2, -0.15) is 0 Å². The normalized spacial score (nSPS) is 10.4. The van der Waals surface area contributed by atoms with Crippen molar-refractivity contribution >= 4 is 35.2 Å². The number of halogens is 1. The van der Waals surface area contributed by atoms with E-state index in [0.29, 0.717) is 16.3 Å². The molecule has 0 aromatic heterocycles. The van der Waals surface area contributed by atoms with E-state index in [4.69, 9.17) is 16.3 Å². The lowest BCUT2D eigenvalue weighted by Crippen LogP contribution is -2.43. The van der Waals surface area contributed by atoms with Crippen LogP contribution in [0.25, 0.3) is 6.08 Å². The molecule has 2 amide bonds. The third kappa shape index (κ3) is 6.44. The molecule has 0 fully saturated rings. The number of hydrazine groups is 1. The van der Waals surface area contributed by atoms with Gasteiger partial charge >= 0.3 is 0 Å². The number of amides is 2. The molecule has 0 heterocycles. The molecule has 0 aliphatic rings. The van der Waals surface area contributed by atoms with Crippen LogP contribution in [-0.2, 0) is 9.59 Å². The summed E-state index contributed by atoms with van der Waals surface area (Å²) in [5.74, 6) is -0.625. The van der Waals surface area contributed by atoms with Crippen molar-refractivity contribution in [1.29, 1.82) is 0 Å². The molecule has 0 unspecified atom stereocenters. The van der Waals surface area contributed by atoms with E-state index in [1.54, 1.807) is 18.2 Å². The van der Waals surface area contributed by atoms with E-state index in [-0.39, 0.29) is 12.3 Å². The number of hydrogen-bond donors (Lipinski definition) is 2. The first kappa shape index (κ1) is 19.9. The van der Waals surface area contributed by atoms with Crippen LogP contribution in [0, 0.1) is 17.0 Å². The quantitative estimate of drug-likeness (QED) is 0.448. The number of nitro benzene ring substituents is 1. The smallest absolute Gasteiger partial charge is 0.276 e. The van der Waals surface area contributed by atoms with Crippen LogP contribution < -0.4 is 15.6 Å². The predicted octanol–water partition coefficient (Wildman–Crippen LogP) is 2.80. The first-order valence-electron chi connectivity index (χ1n) is 7.75. The van der Waals surface area contributed by atoms with E-state index in [0.717, 1.165) is 5.56 Å². The number of rotatable bonds is 6. The number of non-ortho nitro benzene ring substituents is 1. The van der Waals surface area contributed by atoms with Crippen LogP contribution in [0.3, 0.4) is 0 Å². The molecule has 140 valence electrons. The number of carbonyl (C=O) groups excluding carboxylic acids is 2. The van der Waals surface area contributed by atoms with E-state index in [1.807, 2.05) is 6.92 Å². The molecule has 9 heteroatoms. The summed E-state index contributed by atoms with van der Waals surface area (Å²) in [6.07, 6.45) is 2.64. The summed E-state index contributed by atoms with van der Waals surface area (Å²) in [7, 11) is 0. The number of nitro groups is 1. The Morgan fingerprint density at radius 2 is 1.89 bits per heavy atom. The Bertz CT molecular complexity index is 881. The van der Waals surface area contributed by atoms with Gasteiger partial charge in [-0.15, -0.1) is 0 Å². The molecule has 8 nitrogen and oxygen atoms in total. The van der Waals surface area contributed by atoms with Gasteiger partial charge in [-0.05, 0) is 54.5 Å². The lowest BCUT2D eigenvalue weighted by Gasteiger charge is -2.08. The highest BCUT2D eigenvalue weighted by atomic mass is 35.5. The number of aryl methyl sites for hydroxylation is 1. The zero-order valence-corrected chi connectivity index (χ0v) is 15.0. The Morgan fingerprint density at radius 1 is 1.19 bits per heavy atom. The Morgan fingerprint density at radius 3 is 2.52 bits per heavy atom. The van der Waals surface area contributed by atoms with Crippen molar-refractivity contribution in [3.63, 3.8) is 0 Å². The number of nitrogens with zero attached hydrogens (tertiary/aromatic N) is 1. The van der Waals surface area contributed by atoms with Gasteiger partial charge in [0.1, 0.15) is 5.75 Å². The molecule has 0 atom stereocenters. The van der Waals surface area contributed by atoms with Gasteiger partial charge in [-0.25, -0.2) is 0 Å². The predicted molar refractivity (Wildman–Crippen MR) is 100 cm³/mol. The summed E-state index contributed by atoms with van der Waals surface area (Å²) < 4.78 is 5.30. The van der Waals surface area contributed by atoms with E-state index in [2.05, 4.69) is 10.9 Å². The maximum absolute atomic E-state index is 11.7. The highest BCUT2D eigenvalue weighted by Gasteiger charge is 2.06. The molecule has 2 rings (SSSR count). The van der Waals surface area contributed by atoms with Gasteiger partial charge in [-0.1, -0.05) is 11.6 Å². The first-order valence-corrected chi connectivity index (χ1v) is 8.13. The second kappa shape index (κ2) is 9.35. The minimum atomic E-state index is -0.566. The summed E-state index contributed by atoms with van der Waals surface area (Å²) in [4.78, 5) is 33.4. The number of carbonyl (C=O) groups is 2. The topological polar surface area (TPSA) is 111 Å². The average molecular weight is 390 g/mol. The Hall–Kier alpha value is -3.39. The second-order valence-corrected chi connectivity index (χ2v) is 5.83. The molecular formula is C18H16ClN3O5. The standard InChI is InChI=1S/C18H16ClN3O5/c1-12-10-15(7-8-16(12)19)27-11-18(24)21-20-17(23)9-4-13-2-5-14(6-3-13)22(25)26/h2-10H,11H2,1H3,(H,20,23)(H,21,24)/b9-4+. The van der Waals surface area contributed by atoms with E-state index in [1.165, 1.54) is 36.4 Å². The largest absolute Gasteiger partial charge is 0.484 e. The van der Waals surface area contributed by atoms with E-state index in [9.17, 15) is 19.7 Å². The van der Waals surface area contributed by atoms with Gasteiger partial charge in [0.15, 0.2) is 6.61 Å². The summed E-state index contributed by atoms with van der Waals surface area (Å²) in [5, 5.41) is 11.2. The molecule has 0 radical (unpaired) electrons. The molecule has 0 saturated heterocycles. The first-order chi connectivity index (χ1) is 12.8. The third-order valence-corrected chi connectivity index (χ3v) is 3.78. The van der Waals surface area contributed by atoms with Gasteiger partial charge in [0, 0.05) is 23.2 Å². The zero-order valence-electron chi connectivity index (χ0n) is 14.3. The Balaban J connectivity index is 1.76. The minimum absolute atomic E-state index is 0.0419. The van der Waals surface area contributed by atoms with Crippen molar-refractivity contribution in [2.45, 2.75) is 6.92 Å². The van der Waals surface area contributed by atoms with Gasteiger partial charge in [0.05, 0.1) is 4.92 Å². The SMILES string of the molecule is Cc1cc(OCC(=O)NNC(=O)/C=C/c2ccc([N+](=O)[O-])cc2)ccc1Cl. The molecular weight excluding hydrogens is 374 g/mol. The van der Waals surface area contributed by atoms with Crippen LogP contribution in [-0.4, -0.2) is 23.3 Å². The monoisotopic (exact) mass is 389 g/mol. The van der Waals surface area contributed by atoms with Crippen LogP contribution in [0.15, 0.2) is 48.5 Å². The van der Waals surface area contributed by atoms with Gasteiger partial charge in [0.2, 0.25) is 0 Å². The van der Waals surface area contributed by atoms with Crippen molar-refractivity contribution in [1.82, 2.24) is 10.9 Å². The molecule has 0 saturated carbocycles. The van der Waals surface area contributed by atoms with Crippen LogP contribution in [0.5, 0.6) is 5.75 Å². The average Bonchev–Trinajstić information content (AvgIpc) is 2.66. The fraction of sp³-hybridized carbons (Fsp3) is 0.111. The van der Waals surface area contributed by atoms with Gasteiger partial charge in [0.25, 0.3) is 17.5 Å². The van der Waals surface area contributed by atoms with Gasteiger partial charge in [-0.3, -0.25) is 30.6 Å². The number of nitrogens with one attached hydrogen (secondary N) is 2. The molecule has 27 heavy (non-hydrogen) atoms. The van der Waals surface area contributed by atoms with Gasteiger partial charge < -0.3 is 4.74 Å². The summed E-state index contributed by atoms with van der Waals surface area (Å²) >= 11 is 5.90. The Labute approximate surface area is 159 Å². The molecule has 2 aromatic carbocycles. The molecule has 0 aliphatic heterocycles. The summed E-state index contributed by atoms with van der Waals surface area (Å²) in [6.45, 7) is 1.53. The van der Waals surface area contributed by atoms with Crippen molar-refractivity contribution in [3.8, 4) is 5.75 Å². The Kier molecular flexibility index (Phi) is 6.90. The van der Waals surface area contributed by atoms with Crippen LogP contribution in [0.1, 0.15) is 11.1 Å². The maximum Gasteiger partial charge on any atom is 0.276 e. The number of hydrogen-bond acceptors (Lipinski definition) is 5. The van der Waals surface area contributed by atoms with Crippen molar-refractivity contribution < 1.29 is 19.2 Å². The number of benzene rings is 2. The lowest BCUT2D eigenvalue weighted by atomic mass is 10.2. The fourth-order valence-corrected chi connectivity index (χ4v) is 2.06. The molecule has 0 spiro atoms. The zero-order chi connectivity index (χ0) is 19.8. The minimum Gasteiger partial charge on any atom is -0.484 e. The summed E-state index contributed by atoms with van der Waals surface area (Å²) in [5.41, 5.74) is 5.79. The highest BCUT2D eigenvalue weighted by Crippen LogP contribution is 2.20. The second-order valence-electron chi connectivity index (χ2n) is 5.42. The van der Waals surface area contributed by atoms with Crippen LogP contribution in [0.4, 0.5) is 5.69 Å². The summed E-state index contributed by atoms with van der Waals surface area (Å²) in [6, 6.07) is 10.7. The lowest BCUT2D eigenvalue weighted by molar-refractivity contribution is -0.384. The fourth-order valence-electron chi connectivity index (χ4n) is 1.94. The van der Waals surface area contributed by atoms with Crippen LogP contribution in [0.2, 0.25) is 5.02 Å². The van der Waals surface area contributed by atoms with Crippen molar-refractivity contribution in [2.24, 2.45) is 0 Å². The van der Waals surface area contributed by atoms with Crippen molar-refractivity contribution in [2.75, 3.05) is 6.61 Å². The van der Waals surface area contributed by atoms with E-state index >= 15 is 0 Å². The molecule has 0 aliphatic carbocycles. The molecule has 2 N–H and O–H groups in total. The highest BCUT2D eigenvalue weighted by molar-refractivity contribution is 6.31. The number of ether oxygens (including phenoxy) is 1. The molecule has 0 bridgehead atoms. The van der Waals surface area contributed by atoms with Crippen molar-refractivity contribution in [3.05, 3.63) is 74.8 Å². The van der Waals surface area contributed by atoms with E-state index < -0.39 is 16.7 Å². The third-order valence-electron chi connectivity index (χ3n) is 3.36.